The molecule has 0 aliphatic carbocycles. The summed E-state index contributed by atoms with van der Waals surface area (Å²) in [7, 11) is 1.21. The number of amides is 2. The molecule has 1 rings (SSSR count). The highest BCUT2D eigenvalue weighted by Gasteiger charge is 2.56. The molecule has 0 radical (unpaired) electrons. The molecule has 1 aliphatic heterocycles. The fraction of sp³-hybridized carbons (Fsp3) is 0.632. The molecule has 25 heavy (non-hydrogen) atoms. The zero-order valence-corrected chi connectivity index (χ0v) is 15.3. The van der Waals surface area contributed by atoms with Crippen LogP contribution in [0.15, 0.2) is 0 Å². The maximum Gasteiger partial charge on any atom is 0.417 e. The van der Waals surface area contributed by atoms with Gasteiger partial charge in [0.25, 0.3) is 0 Å². The van der Waals surface area contributed by atoms with E-state index in [1.807, 2.05) is 0 Å². The molecule has 0 bridgehead atoms. The van der Waals surface area contributed by atoms with Gasteiger partial charge in [-0.05, 0) is 40.0 Å². The van der Waals surface area contributed by atoms with Crippen molar-refractivity contribution in [1.82, 2.24) is 4.90 Å². The molecule has 1 heterocycles. The first-order valence-corrected chi connectivity index (χ1v) is 8.13. The van der Waals surface area contributed by atoms with Crippen LogP contribution in [0.1, 0.15) is 52.9 Å². The zero-order valence-electron chi connectivity index (χ0n) is 15.3. The average molecular weight is 347 g/mol. The van der Waals surface area contributed by atoms with E-state index in [0.717, 1.165) is 4.90 Å². The van der Waals surface area contributed by atoms with Crippen molar-refractivity contribution in [1.29, 1.82) is 0 Å². The first-order chi connectivity index (χ1) is 11.6. The normalized spacial score (nSPS) is 19.0. The molecule has 1 atom stereocenters. The summed E-state index contributed by atoms with van der Waals surface area (Å²) in [5.41, 5.74) is -1.77. The van der Waals surface area contributed by atoms with Gasteiger partial charge >= 0.3 is 12.1 Å². The van der Waals surface area contributed by atoms with Crippen LogP contribution in [0, 0.1) is 30.1 Å². The van der Waals surface area contributed by atoms with Gasteiger partial charge in [0.1, 0.15) is 11.6 Å². The third-order valence-electron chi connectivity index (χ3n) is 4.13. The number of ether oxygens (including phenoxy) is 2. The van der Waals surface area contributed by atoms with E-state index in [1.165, 1.54) is 7.11 Å². The number of rotatable bonds is 5. The van der Waals surface area contributed by atoms with E-state index in [2.05, 4.69) is 11.8 Å². The van der Waals surface area contributed by atoms with Gasteiger partial charge in [0.2, 0.25) is 5.91 Å². The van der Waals surface area contributed by atoms with Crippen molar-refractivity contribution in [2.24, 2.45) is 5.41 Å². The van der Waals surface area contributed by atoms with Crippen LogP contribution in [0.2, 0.25) is 0 Å². The largest absolute Gasteiger partial charge is 0.467 e. The average Bonchev–Trinajstić information content (AvgIpc) is 2.82. The van der Waals surface area contributed by atoms with Crippen LogP contribution >= 0.6 is 0 Å². The summed E-state index contributed by atoms with van der Waals surface area (Å²) in [6, 6.07) is -1.04. The van der Waals surface area contributed by atoms with Crippen molar-refractivity contribution in [2.75, 3.05) is 7.11 Å². The first-order valence-electron chi connectivity index (χ1n) is 8.13. The van der Waals surface area contributed by atoms with Gasteiger partial charge < -0.3 is 9.47 Å². The second-order valence-corrected chi connectivity index (χ2v) is 7.09. The van der Waals surface area contributed by atoms with Crippen molar-refractivity contribution in [3.8, 4) is 24.7 Å². The molecule has 1 aliphatic rings. The lowest BCUT2D eigenvalue weighted by Gasteiger charge is -2.28. The third kappa shape index (κ3) is 4.76. The molecule has 0 aromatic heterocycles. The lowest BCUT2D eigenvalue weighted by Crippen LogP contribution is -2.47. The maximum atomic E-state index is 13.1. The number of terminal acetylenes is 2. The molecule has 1 saturated heterocycles. The Balaban J connectivity index is 3.25. The Morgan fingerprint density at radius 1 is 1.24 bits per heavy atom. The van der Waals surface area contributed by atoms with Crippen LogP contribution in [0.4, 0.5) is 4.79 Å². The van der Waals surface area contributed by atoms with E-state index in [9.17, 15) is 14.4 Å². The smallest absolute Gasteiger partial charge is 0.417 e. The molecular weight excluding hydrogens is 322 g/mol. The number of esters is 1. The fourth-order valence-corrected chi connectivity index (χ4v) is 2.96. The standard InChI is InChI=1S/C19H25NO5/c1-7-9-11-19(12-10-8-2)13-14(15(21)24-6)20(16(19)22)17(23)25-18(3,4)5/h1-2,14H,9-13H2,3-6H3/t14-/m0/s1. The maximum absolute atomic E-state index is 13.1. The van der Waals surface area contributed by atoms with Gasteiger partial charge in [-0.15, -0.1) is 24.7 Å². The quantitative estimate of drug-likeness (QED) is 0.564. The molecule has 0 N–H and O–H groups in total. The number of carbonyl (C=O) groups is 3. The van der Waals surface area contributed by atoms with Gasteiger partial charge in [0.15, 0.2) is 0 Å². The first kappa shape index (κ1) is 20.6. The van der Waals surface area contributed by atoms with Crippen LogP contribution in [-0.2, 0) is 19.1 Å². The second-order valence-electron chi connectivity index (χ2n) is 7.09. The molecule has 6 heteroatoms. The molecular formula is C19H25NO5. The molecule has 0 unspecified atom stereocenters. The van der Waals surface area contributed by atoms with Gasteiger partial charge in [-0.2, -0.15) is 0 Å². The van der Waals surface area contributed by atoms with E-state index in [-0.39, 0.29) is 6.42 Å². The topological polar surface area (TPSA) is 72.9 Å². The highest BCUT2D eigenvalue weighted by Crippen LogP contribution is 2.44. The Hall–Kier alpha value is -2.47. The summed E-state index contributed by atoms with van der Waals surface area (Å²) in [6.45, 7) is 5.05. The Morgan fingerprint density at radius 3 is 2.16 bits per heavy atom. The summed E-state index contributed by atoms with van der Waals surface area (Å²) in [5.74, 6) is 3.86. The number of methoxy groups -OCH3 is 1. The molecule has 136 valence electrons. The Labute approximate surface area is 149 Å². The molecule has 0 aromatic rings. The van der Waals surface area contributed by atoms with Gasteiger partial charge in [-0.25, -0.2) is 14.5 Å². The number of imide groups is 1. The van der Waals surface area contributed by atoms with Gasteiger partial charge in [-0.3, -0.25) is 4.79 Å². The van der Waals surface area contributed by atoms with E-state index in [4.69, 9.17) is 22.3 Å². The summed E-state index contributed by atoms with van der Waals surface area (Å²) >= 11 is 0. The van der Waals surface area contributed by atoms with Crippen LogP contribution in [0.25, 0.3) is 0 Å². The molecule has 1 fully saturated rings. The Morgan fingerprint density at radius 2 is 1.76 bits per heavy atom. The minimum atomic E-state index is -1.04. The second kappa shape index (κ2) is 8.07. The van der Waals surface area contributed by atoms with Gasteiger partial charge in [0, 0.05) is 12.8 Å². The van der Waals surface area contributed by atoms with Crippen LogP contribution in [0.5, 0.6) is 0 Å². The zero-order chi connectivity index (χ0) is 19.3. The third-order valence-corrected chi connectivity index (χ3v) is 4.13. The fourth-order valence-electron chi connectivity index (χ4n) is 2.96. The minimum absolute atomic E-state index is 0.126. The van der Waals surface area contributed by atoms with Crippen molar-refractivity contribution in [3.05, 3.63) is 0 Å². The predicted octanol–water partition coefficient (Wildman–Crippen LogP) is 2.51. The lowest BCUT2D eigenvalue weighted by molar-refractivity contribution is -0.149. The lowest BCUT2D eigenvalue weighted by atomic mass is 9.76. The van der Waals surface area contributed by atoms with Crippen LogP contribution in [0.3, 0.4) is 0 Å². The molecule has 0 saturated carbocycles. The van der Waals surface area contributed by atoms with Gasteiger partial charge in [-0.1, -0.05) is 0 Å². The summed E-state index contributed by atoms with van der Waals surface area (Å²) in [6.07, 6.45) is 11.3. The highest BCUT2D eigenvalue weighted by molar-refractivity contribution is 6.02. The molecule has 2 amide bonds. The number of nitrogens with zero attached hydrogens (tertiary/aromatic N) is 1. The van der Waals surface area contributed by atoms with Crippen LogP contribution in [-0.4, -0.2) is 41.6 Å². The number of hydrogen-bond acceptors (Lipinski definition) is 5. The van der Waals surface area contributed by atoms with E-state index in [1.54, 1.807) is 20.8 Å². The number of carbonyl (C=O) groups excluding carboxylic acids is 3. The van der Waals surface area contributed by atoms with Crippen molar-refractivity contribution < 1.29 is 23.9 Å². The highest BCUT2D eigenvalue weighted by atomic mass is 16.6. The van der Waals surface area contributed by atoms with E-state index < -0.39 is 35.0 Å². The van der Waals surface area contributed by atoms with Crippen LogP contribution < -0.4 is 0 Å². The van der Waals surface area contributed by atoms with Gasteiger partial charge in [0.05, 0.1) is 12.5 Å². The summed E-state index contributed by atoms with van der Waals surface area (Å²) in [5, 5.41) is 0. The van der Waals surface area contributed by atoms with Crippen molar-refractivity contribution in [2.45, 2.75) is 64.5 Å². The Kier molecular flexibility index (Phi) is 6.64. The molecule has 6 nitrogen and oxygen atoms in total. The molecule has 0 spiro atoms. The Bertz CT molecular complexity index is 599. The monoisotopic (exact) mass is 347 g/mol. The molecule has 0 aromatic carbocycles. The minimum Gasteiger partial charge on any atom is -0.467 e. The predicted molar refractivity (Wildman–Crippen MR) is 92.1 cm³/mol. The summed E-state index contributed by atoms with van der Waals surface area (Å²) < 4.78 is 10.1. The number of hydrogen-bond donors (Lipinski definition) is 0. The van der Waals surface area contributed by atoms with E-state index >= 15 is 0 Å². The van der Waals surface area contributed by atoms with E-state index in [0.29, 0.717) is 25.7 Å². The number of likely N-dealkylation sites (tertiary alicyclic amines) is 1. The van der Waals surface area contributed by atoms with Crippen molar-refractivity contribution in [3.63, 3.8) is 0 Å². The van der Waals surface area contributed by atoms with Crippen molar-refractivity contribution >= 4 is 18.0 Å². The SMILES string of the molecule is C#CCCC1(CCC#C)C[C@@H](C(=O)OC)N(C(=O)OC(C)(C)C)C1=O. The summed E-state index contributed by atoms with van der Waals surface area (Å²) in [4.78, 5) is 38.6.